The molecule has 0 saturated carbocycles. The van der Waals surface area contributed by atoms with E-state index >= 15 is 0 Å². The van der Waals surface area contributed by atoms with Crippen LogP contribution < -0.4 is 5.32 Å². The molecule has 3 rings (SSSR count). The number of hydrogen-bond donors (Lipinski definition) is 1. The van der Waals surface area contributed by atoms with Crippen LogP contribution in [0.5, 0.6) is 0 Å². The van der Waals surface area contributed by atoms with Crippen LogP contribution in [0.15, 0.2) is 42.5 Å². The highest BCUT2D eigenvalue weighted by atomic mass is 16.2. The molecule has 1 heterocycles. The Bertz CT molecular complexity index is 652. The number of likely N-dealkylation sites (tertiary alicyclic amines) is 1. The number of carbonyl (C=O) groups is 1. The molecular weight excluding hydrogens is 260 g/mol. The first-order chi connectivity index (χ1) is 10.1. The van der Waals surface area contributed by atoms with Crippen molar-refractivity contribution in [1.82, 2.24) is 4.90 Å². The molecule has 1 N–H and O–H groups in total. The van der Waals surface area contributed by atoms with Crippen molar-refractivity contribution in [2.75, 3.05) is 18.4 Å². The molecule has 1 saturated heterocycles. The average Bonchev–Trinajstić information content (AvgIpc) is 2.93. The molecule has 2 aromatic rings. The van der Waals surface area contributed by atoms with Gasteiger partial charge in [-0.3, -0.25) is 9.69 Å². The third-order valence-electron chi connectivity index (χ3n) is 4.40. The molecule has 0 spiro atoms. The van der Waals surface area contributed by atoms with E-state index < -0.39 is 0 Å². The van der Waals surface area contributed by atoms with Gasteiger partial charge in [-0.2, -0.15) is 0 Å². The number of fused-ring (bicyclic) bond motifs is 1. The van der Waals surface area contributed by atoms with Crippen LogP contribution >= 0.6 is 0 Å². The van der Waals surface area contributed by atoms with Crippen molar-refractivity contribution < 1.29 is 4.79 Å². The second-order valence-corrected chi connectivity index (χ2v) is 6.12. The number of carbonyl (C=O) groups excluding carboxylic acids is 1. The van der Waals surface area contributed by atoms with Gasteiger partial charge in [-0.05, 0) is 48.7 Å². The van der Waals surface area contributed by atoms with Crippen LogP contribution in [0.2, 0.25) is 0 Å². The lowest BCUT2D eigenvalue weighted by molar-refractivity contribution is -0.120. The summed E-state index contributed by atoms with van der Waals surface area (Å²) in [6, 6.07) is 14.2. The predicted octanol–water partition coefficient (Wildman–Crippen LogP) is 3.51. The lowest BCUT2D eigenvalue weighted by Crippen LogP contribution is -2.40. The number of anilines is 1. The summed E-state index contributed by atoms with van der Waals surface area (Å²) in [5, 5.41) is 5.39. The van der Waals surface area contributed by atoms with E-state index in [1.54, 1.807) is 0 Å². The van der Waals surface area contributed by atoms with E-state index in [1.807, 2.05) is 37.3 Å². The number of nitrogens with zero attached hydrogens (tertiary/aromatic N) is 1. The van der Waals surface area contributed by atoms with Crippen molar-refractivity contribution in [2.24, 2.45) is 5.92 Å². The molecule has 1 amide bonds. The minimum absolute atomic E-state index is 0.0681. The molecule has 0 aromatic heterocycles. The summed E-state index contributed by atoms with van der Waals surface area (Å²) in [4.78, 5) is 14.7. The zero-order valence-electron chi connectivity index (χ0n) is 12.7. The summed E-state index contributed by atoms with van der Waals surface area (Å²) in [5.41, 5.74) is 0.873. The van der Waals surface area contributed by atoms with E-state index in [4.69, 9.17) is 0 Å². The molecule has 0 aliphatic carbocycles. The van der Waals surface area contributed by atoms with Gasteiger partial charge in [0, 0.05) is 12.2 Å². The third kappa shape index (κ3) is 3.08. The first-order valence-corrected chi connectivity index (χ1v) is 7.67. The highest BCUT2D eigenvalue weighted by Gasteiger charge is 2.27. The molecule has 3 heteroatoms. The quantitative estimate of drug-likeness (QED) is 0.934. The number of nitrogens with one attached hydrogen (secondary N) is 1. The molecule has 1 aliphatic rings. The second-order valence-electron chi connectivity index (χ2n) is 6.12. The Labute approximate surface area is 125 Å². The Morgan fingerprint density at radius 3 is 2.71 bits per heavy atom. The van der Waals surface area contributed by atoms with Gasteiger partial charge in [0.25, 0.3) is 0 Å². The van der Waals surface area contributed by atoms with E-state index in [0.717, 1.165) is 24.2 Å². The van der Waals surface area contributed by atoms with E-state index in [1.165, 1.54) is 11.8 Å². The molecule has 1 fully saturated rings. The summed E-state index contributed by atoms with van der Waals surface area (Å²) >= 11 is 0. The largest absolute Gasteiger partial charge is 0.325 e. The molecule has 0 bridgehead atoms. The van der Waals surface area contributed by atoms with Gasteiger partial charge in [0.15, 0.2) is 0 Å². The maximum absolute atomic E-state index is 12.4. The maximum Gasteiger partial charge on any atom is 0.241 e. The van der Waals surface area contributed by atoms with E-state index in [9.17, 15) is 4.79 Å². The van der Waals surface area contributed by atoms with Gasteiger partial charge in [-0.15, -0.1) is 0 Å². The molecule has 3 nitrogen and oxygen atoms in total. The normalized spacial score (nSPS) is 20.6. The van der Waals surface area contributed by atoms with Crippen LogP contribution in [0.3, 0.4) is 0 Å². The first-order valence-electron chi connectivity index (χ1n) is 7.67. The molecule has 21 heavy (non-hydrogen) atoms. The van der Waals surface area contributed by atoms with Gasteiger partial charge in [0.1, 0.15) is 0 Å². The number of amides is 1. The SMILES string of the molecule is C[C@@H]1CCN([C@@H](C)C(=O)Nc2ccc3ccccc3c2)C1. The van der Waals surface area contributed by atoms with Crippen LogP contribution in [0.1, 0.15) is 20.3 Å². The van der Waals surface area contributed by atoms with Gasteiger partial charge >= 0.3 is 0 Å². The van der Waals surface area contributed by atoms with Crippen LogP contribution in [-0.2, 0) is 4.79 Å². The topological polar surface area (TPSA) is 32.3 Å². The summed E-state index contributed by atoms with van der Waals surface area (Å²) in [5.74, 6) is 0.778. The average molecular weight is 282 g/mol. The lowest BCUT2D eigenvalue weighted by Gasteiger charge is -2.23. The third-order valence-corrected chi connectivity index (χ3v) is 4.40. The molecule has 0 unspecified atom stereocenters. The Kier molecular flexibility index (Phi) is 3.93. The standard InChI is InChI=1S/C18H22N2O/c1-13-9-10-20(12-13)14(2)18(21)19-17-8-7-15-5-3-4-6-16(15)11-17/h3-8,11,13-14H,9-10,12H2,1-2H3,(H,19,21)/t13-,14+/m1/s1. The predicted molar refractivity (Wildman–Crippen MR) is 87.4 cm³/mol. The van der Waals surface area contributed by atoms with E-state index in [2.05, 4.69) is 29.3 Å². The van der Waals surface area contributed by atoms with Crippen molar-refractivity contribution >= 4 is 22.4 Å². The Morgan fingerprint density at radius 1 is 1.24 bits per heavy atom. The van der Waals surface area contributed by atoms with Gasteiger partial charge in [0.05, 0.1) is 6.04 Å². The summed E-state index contributed by atoms with van der Waals surface area (Å²) in [6.07, 6.45) is 1.19. The maximum atomic E-state index is 12.4. The van der Waals surface area contributed by atoms with Gasteiger partial charge in [-0.1, -0.05) is 37.3 Å². The Balaban J connectivity index is 1.70. The molecule has 1 aliphatic heterocycles. The zero-order chi connectivity index (χ0) is 14.8. The van der Waals surface area contributed by atoms with Crippen LogP contribution in [0.25, 0.3) is 10.8 Å². The number of rotatable bonds is 3. The van der Waals surface area contributed by atoms with Gasteiger partial charge in [0.2, 0.25) is 5.91 Å². The van der Waals surface area contributed by atoms with Gasteiger partial charge in [-0.25, -0.2) is 0 Å². The van der Waals surface area contributed by atoms with Gasteiger partial charge < -0.3 is 5.32 Å². The van der Waals surface area contributed by atoms with E-state index in [-0.39, 0.29) is 11.9 Å². The first kappa shape index (κ1) is 14.1. The number of hydrogen-bond acceptors (Lipinski definition) is 2. The molecule has 110 valence electrons. The Hall–Kier alpha value is -1.87. The minimum Gasteiger partial charge on any atom is -0.325 e. The fraction of sp³-hybridized carbons (Fsp3) is 0.389. The molecule has 2 aromatic carbocycles. The highest BCUT2D eigenvalue weighted by Crippen LogP contribution is 2.21. The fourth-order valence-electron chi connectivity index (χ4n) is 3.00. The molecule has 2 atom stereocenters. The minimum atomic E-state index is -0.0681. The summed E-state index contributed by atoms with van der Waals surface area (Å²) in [7, 11) is 0. The number of benzene rings is 2. The smallest absolute Gasteiger partial charge is 0.241 e. The summed E-state index contributed by atoms with van der Waals surface area (Å²) in [6.45, 7) is 6.28. The molecule has 0 radical (unpaired) electrons. The zero-order valence-corrected chi connectivity index (χ0v) is 12.7. The van der Waals surface area contributed by atoms with Crippen LogP contribution in [0.4, 0.5) is 5.69 Å². The Morgan fingerprint density at radius 2 is 2.00 bits per heavy atom. The van der Waals surface area contributed by atoms with Crippen LogP contribution in [0, 0.1) is 5.92 Å². The van der Waals surface area contributed by atoms with Crippen molar-refractivity contribution in [1.29, 1.82) is 0 Å². The van der Waals surface area contributed by atoms with E-state index in [0.29, 0.717) is 5.92 Å². The monoisotopic (exact) mass is 282 g/mol. The molecular formula is C18H22N2O. The lowest BCUT2D eigenvalue weighted by atomic mass is 10.1. The van der Waals surface area contributed by atoms with Crippen LogP contribution in [-0.4, -0.2) is 29.9 Å². The fourth-order valence-corrected chi connectivity index (χ4v) is 3.00. The second kappa shape index (κ2) is 5.86. The van der Waals surface area contributed by atoms with Crippen molar-refractivity contribution in [3.05, 3.63) is 42.5 Å². The summed E-state index contributed by atoms with van der Waals surface area (Å²) < 4.78 is 0. The van der Waals surface area contributed by atoms with Crippen molar-refractivity contribution in [2.45, 2.75) is 26.3 Å². The highest BCUT2D eigenvalue weighted by molar-refractivity contribution is 5.97. The van der Waals surface area contributed by atoms with Crippen molar-refractivity contribution in [3.63, 3.8) is 0 Å². The van der Waals surface area contributed by atoms with Crippen molar-refractivity contribution in [3.8, 4) is 0 Å².